The van der Waals surface area contributed by atoms with Gasteiger partial charge in [-0.3, -0.25) is 4.72 Å². The molecule has 2 rings (SSSR count). The van der Waals surface area contributed by atoms with E-state index in [9.17, 15) is 8.42 Å². The standard InChI is InChI=1S/C14H18N2O2S2/c1-2-8-15-10-13-9-14(11-19-13)20(17,18)16-12-6-4-3-5-7-12/h3-7,9,11,15-16H,2,8,10H2,1H3. The first kappa shape index (κ1) is 15.0. The molecule has 0 aliphatic rings. The number of benzene rings is 1. The minimum atomic E-state index is -3.49. The highest BCUT2D eigenvalue weighted by Gasteiger charge is 2.16. The average Bonchev–Trinajstić information content (AvgIpc) is 2.89. The number of anilines is 1. The third kappa shape index (κ3) is 4.06. The van der Waals surface area contributed by atoms with Crippen molar-refractivity contribution < 1.29 is 8.42 Å². The minimum Gasteiger partial charge on any atom is -0.312 e. The van der Waals surface area contributed by atoms with Gasteiger partial charge in [0, 0.05) is 22.5 Å². The Kier molecular flexibility index (Phi) is 5.17. The normalized spacial score (nSPS) is 11.4. The fourth-order valence-corrected chi connectivity index (χ4v) is 4.01. The third-order valence-electron chi connectivity index (χ3n) is 2.69. The zero-order valence-corrected chi connectivity index (χ0v) is 12.9. The molecule has 0 aliphatic carbocycles. The highest BCUT2D eigenvalue weighted by molar-refractivity contribution is 7.92. The Hall–Kier alpha value is -1.37. The van der Waals surface area contributed by atoms with E-state index in [4.69, 9.17) is 0 Å². The van der Waals surface area contributed by atoms with Gasteiger partial charge >= 0.3 is 0 Å². The molecule has 2 aromatic rings. The Balaban J connectivity index is 2.06. The van der Waals surface area contributed by atoms with E-state index >= 15 is 0 Å². The molecule has 4 nitrogen and oxygen atoms in total. The Labute approximate surface area is 123 Å². The van der Waals surface area contributed by atoms with Crippen LogP contribution in [0.4, 0.5) is 5.69 Å². The summed E-state index contributed by atoms with van der Waals surface area (Å²) in [6.45, 7) is 3.74. The number of hydrogen-bond acceptors (Lipinski definition) is 4. The lowest BCUT2D eigenvalue weighted by Gasteiger charge is -2.05. The SMILES string of the molecule is CCCNCc1cc(S(=O)(=O)Nc2ccccc2)cs1. The summed E-state index contributed by atoms with van der Waals surface area (Å²) in [5, 5.41) is 4.94. The van der Waals surface area contributed by atoms with Gasteiger partial charge in [0.25, 0.3) is 10.0 Å². The van der Waals surface area contributed by atoms with Crippen LogP contribution in [0.3, 0.4) is 0 Å². The van der Waals surface area contributed by atoms with Crippen molar-refractivity contribution >= 4 is 27.0 Å². The second-order valence-corrected chi connectivity index (χ2v) is 7.08. The van der Waals surface area contributed by atoms with Crippen LogP contribution >= 0.6 is 11.3 Å². The van der Waals surface area contributed by atoms with E-state index in [0.717, 1.165) is 17.8 Å². The minimum absolute atomic E-state index is 0.319. The van der Waals surface area contributed by atoms with E-state index in [-0.39, 0.29) is 0 Å². The van der Waals surface area contributed by atoms with E-state index in [0.29, 0.717) is 17.1 Å². The fraction of sp³-hybridized carbons (Fsp3) is 0.286. The van der Waals surface area contributed by atoms with Gasteiger partial charge in [-0.05, 0) is 31.2 Å². The highest BCUT2D eigenvalue weighted by Crippen LogP contribution is 2.21. The van der Waals surface area contributed by atoms with Crippen LogP contribution in [-0.4, -0.2) is 15.0 Å². The van der Waals surface area contributed by atoms with Gasteiger partial charge in [0.2, 0.25) is 0 Å². The van der Waals surface area contributed by atoms with E-state index in [1.165, 1.54) is 11.3 Å². The van der Waals surface area contributed by atoms with Crippen LogP contribution in [-0.2, 0) is 16.6 Å². The van der Waals surface area contributed by atoms with Gasteiger partial charge in [-0.25, -0.2) is 8.42 Å². The van der Waals surface area contributed by atoms with Gasteiger partial charge in [-0.1, -0.05) is 25.1 Å². The monoisotopic (exact) mass is 310 g/mol. The summed E-state index contributed by atoms with van der Waals surface area (Å²) >= 11 is 1.46. The fourth-order valence-electron chi connectivity index (χ4n) is 1.70. The van der Waals surface area contributed by atoms with Crippen LogP contribution < -0.4 is 10.0 Å². The molecule has 0 radical (unpaired) electrons. The molecule has 0 saturated carbocycles. The zero-order valence-electron chi connectivity index (χ0n) is 11.3. The predicted octanol–water partition coefficient (Wildman–Crippen LogP) is 3.05. The van der Waals surface area contributed by atoms with E-state index in [1.807, 2.05) is 6.07 Å². The molecule has 1 aromatic carbocycles. The summed E-state index contributed by atoms with van der Waals surface area (Å²) in [4.78, 5) is 1.34. The summed E-state index contributed by atoms with van der Waals surface area (Å²) in [5.41, 5.74) is 0.573. The molecule has 0 amide bonds. The van der Waals surface area contributed by atoms with Crippen molar-refractivity contribution in [2.75, 3.05) is 11.3 Å². The maximum atomic E-state index is 12.2. The lowest BCUT2D eigenvalue weighted by Crippen LogP contribution is -2.13. The molecule has 6 heteroatoms. The molecule has 0 saturated heterocycles. The van der Waals surface area contributed by atoms with Crippen LogP contribution in [0.5, 0.6) is 0 Å². The molecule has 0 bridgehead atoms. The Bertz CT molecular complexity index is 636. The number of thiophene rings is 1. The van der Waals surface area contributed by atoms with Gasteiger partial charge in [-0.2, -0.15) is 0 Å². The van der Waals surface area contributed by atoms with Gasteiger partial charge in [-0.15, -0.1) is 11.3 Å². The van der Waals surface area contributed by atoms with Crippen molar-refractivity contribution in [2.24, 2.45) is 0 Å². The van der Waals surface area contributed by atoms with Crippen LogP contribution in [0, 0.1) is 0 Å². The number of nitrogens with one attached hydrogen (secondary N) is 2. The Morgan fingerprint density at radius 2 is 1.95 bits per heavy atom. The van der Waals surface area contributed by atoms with E-state index in [2.05, 4.69) is 17.0 Å². The summed E-state index contributed by atoms with van der Waals surface area (Å²) in [6.07, 6.45) is 1.06. The molecule has 0 unspecified atom stereocenters. The summed E-state index contributed by atoms with van der Waals surface area (Å²) in [5.74, 6) is 0. The first-order valence-electron chi connectivity index (χ1n) is 6.48. The average molecular weight is 310 g/mol. The molecular formula is C14H18N2O2S2. The molecule has 108 valence electrons. The molecule has 2 N–H and O–H groups in total. The lowest BCUT2D eigenvalue weighted by molar-refractivity contribution is 0.601. The Morgan fingerprint density at radius 1 is 1.20 bits per heavy atom. The molecule has 0 atom stereocenters. The van der Waals surface area contributed by atoms with E-state index in [1.54, 1.807) is 35.7 Å². The zero-order chi connectivity index (χ0) is 14.4. The second kappa shape index (κ2) is 6.88. The van der Waals surface area contributed by atoms with Crippen molar-refractivity contribution in [1.29, 1.82) is 0 Å². The van der Waals surface area contributed by atoms with Crippen molar-refractivity contribution in [3.8, 4) is 0 Å². The van der Waals surface area contributed by atoms with E-state index < -0.39 is 10.0 Å². The number of sulfonamides is 1. The first-order chi connectivity index (χ1) is 9.62. The first-order valence-corrected chi connectivity index (χ1v) is 8.84. The van der Waals surface area contributed by atoms with Crippen LogP contribution in [0.25, 0.3) is 0 Å². The van der Waals surface area contributed by atoms with Crippen LogP contribution in [0.2, 0.25) is 0 Å². The molecule has 0 fully saturated rings. The number of para-hydroxylation sites is 1. The third-order valence-corrected chi connectivity index (χ3v) is 5.14. The van der Waals surface area contributed by atoms with Gasteiger partial charge in [0.05, 0.1) is 4.90 Å². The van der Waals surface area contributed by atoms with Gasteiger partial charge < -0.3 is 5.32 Å². The lowest BCUT2D eigenvalue weighted by atomic mass is 10.3. The molecule has 1 aromatic heterocycles. The van der Waals surface area contributed by atoms with Crippen molar-refractivity contribution in [2.45, 2.75) is 24.8 Å². The largest absolute Gasteiger partial charge is 0.312 e. The van der Waals surface area contributed by atoms with Gasteiger partial charge in [0.15, 0.2) is 0 Å². The summed E-state index contributed by atoms with van der Waals surface area (Å²) < 4.78 is 27.0. The second-order valence-electron chi connectivity index (χ2n) is 4.40. The van der Waals surface area contributed by atoms with Crippen molar-refractivity contribution in [3.05, 3.63) is 46.7 Å². The molecule has 0 aliphatic heterocycles. The van der Waals surface area contributed by atoms with Gasteiger partial charge in [0.1, 0.15) is 0 Å². The van der Waals surface area contributed by atoms with Crippen LogP contribution in [0.15, 0.2) is 46.7 Å². The smallest absolute Gasteiger partial charge is 0.262 e. The maximum absolute atomic E-state index is 12.2. The predicted molar refractivity (Wildman–Crippen MR) is 83.6 cm³/mol. The van der Waals surface area contributed by atoms with Crippen molar-refractivity contribution in [3.63, 3.8) is 0 Å². The van der Waals surface area contributed by atoms with Crippen molar-refractivity contribution in [1.82, 2.24) is 5.32 Å². The molecule has 0 spiro atoms. The number of rotatable bonds is 7. The molecular weight excluding hydrogens is 292 g/mol. The topological polar surface area (TPSA) is 58.2 Å². The summed E-state index contributed by atoms with van der Waals surface area (Å²) in [6, 6.07) is 10.6. The maximum Gasteiger partial charge on any atom is 0.262 e. The molecule has 1 heterocycles. The molecule has 20 heavy (non-hydrogen) atoms. The number of hydrogen-bond donors (Lipinski definition) is 2. The Morgan fingerprint density at radius 3 is 2.65 bits per heavy atom. The highest BCUT2D eigenvalue weighted by atomic mass is 32.2. The van der Waals surface area contributed by atoms with Crippen LogP contribution in [0.1, 0.15) is 18.2 Å². The summed E-state index contributed by atoms with van der Waals surface area (Å²) in [7, 11) is -3.49. The quantitative estimate of drug-likeness (QED) is 0.773.